The molecule has 0 radical (unpaired) electrons. The summed E-state index contributed by atoms with van der Waals surface area (Å²) in [5.74, 6) is -0.250. The van der Waals surface area contributed by atoms with E-state index in [9.17, 15) is 14.7 Å². The highest BCUT2D eigenvalue weighted by Gasteiger charge is 2.49. The van der Waals surface area contributed by atoms with E-state index in [0.29, 0.717) is 23.8 Å². The first kappa shape index (κ1) is 21.1. The van der Waals surface area contributed by atoms with Gasteiger partial charge in [-0.2, -0.15) is 0 Å². The van der Waals surface area contributed by atoms with Crippen molar-refractivity contribution in [1.82, 2.24) is 9.88 Å². The van der Waals surface area contributed by atoms with Gasteiger partial charge in [0.15, 0.2) is 0 Å². The van der Waals surface area contributed by atoms with Crippen LogP contribution in [0.15, 0.2) is 54.4 Å². The largest absolute Gasteiger partial charge is 0.507 e. The highest BCUT2D eigenvalue weighted by molar-refractivity contribution is 6.46. The average Bonchev–Trinajstić information content (AvgIpc) is 3.40. The van der Waals surface area contributed by atoms with E-state index in [4.69, 9.17) is 4.74 Å². The minimum absolute atomic E-state index is 0.00114. The van der Waals surface area contributed by atoms with Gasteiger partial charge in [0.25, 0.3) is 11.7 Å². The number of likely N-dealkylation sites (tertiary alicyclic amines) is 1. The number of ether oxygens (including phenoxy) is 1. The maximum atomic E-state index is 13.1. The molecule has 1 aromatic heterocycles. The summed E-state index contributed by atoms with van der Waals surface area (Å²) >= 11 is 0. The van der Waals surface area contributed by atoms with Crippen LogP contribution in [-0.4, -0.2) is 39.3 Å². The summed E-state index contributed by atoms with van der Waals surface area (Å²) in [6, 6.07) is 9.97. The van der Waals surface area contributed by atoms with E-state index in [1.807, 2.05) is 6.07 Å². The first-order valence-electron chi connectivity index (χ1n) is 10.9. The number of pyridine rings is 1. The molecule has 1 N–H and O–H groups in total. The topological polar surface area (TPSA) is 79.7 Å². The van der Waals surface area contributed by atoms with Crippen molar-refractivity contribution in [2.24, 2.45) is 5.92 Å². The van der Waals surface area contributed by atoms with Gasteiger partial charge >= 0.3 is 0 Å². The van der Waals surface area contributed by atoms with Crippen molar-refractivity contribution < 1.29 is 19.4 Å². The number of hydrogen-bond acceptors (Lipinski definition) is 5. The minimum Gasteiger partial charge on any atom is -0.507 e. The Morgan fingerprint density at radius 1 is 1.16 bits per heavy atom. The Kier molecular flexibility index (Phi) is 6.07. The molecule has 2 aliphatic rings. The van der Waals surface area contributed by atoms with Gasteiger partial charge in [-0.25, -0.2) is 0 Å². The van der Waals surface area contributed by atoms with E-state index in [1.54, 1.807) is 47.6 Å². The van der Waals surface area contributed by atoms with Crippen molar-refractivity contribution in [2.75, 3.05) is 6.61 Å². The molecule has 0 spiro atoms. The van der Waals surface area contributed by atoms with Crippen LogP contribution >= 0.6 is 0 Å². The smallest absolute Gasteiger partial charge is 0.295 e. The van der Waals surface area contributed by atoms with Crippen molar-refractivity contribution in [3.63, 3.8) is 0 Å². The Bertz CT molecular complexity index is 976. The zero-order valence-corrected chi connectivity index (χ0v) is 18.0. The molecule has 1 atom stereocenters. The number of carbonyl (C=O) groups is 2. The first-order valence-corrected chi connectivity index (χ1v) is 10.9. The fourth-order valence-corrected chi connectivity index (χ4v) is 4.40. The van der Waals surface area contributed by atoms with Gasteiger partial charge in [0.05, 0.1) is 18.2 Å². The van der Waals surface area contributed by atoms with Crippen LogP contribution in [0.1, 0.15) is 56.7 Å². The number of carbonyl (C=O) groups excluding carboxylic acids is 2. The van der Waals surface area contributed by atoms with Crippen molar-refractivity contribution in [1.29, 1.82) is 0 Å². The average molecular weight is 421 g/mol. The van der Waals surface area contributed by atoms with Gasteiger partial charge in [0, 0.05) is 24.0 Å². The Balaban J connectivity index is 1.74. The zero-order chi connectivity index (χ0) is 22.0. The quantitative estimate of drug-likeness (QED) is 0.423. The lowest BCUT2D eigenvalue weighted by atomic mass is 9.95. The third kappa shape index (κ3) is 4.20. The predicted molar refractivity (Wildman–Crippen MR) is 117 cm³/mol. The second kappa shape index (κ2) is 8.92. The Hall–Kier alpha value is -3.15. The molecule has 31 heavy (non-hydrogen) atoms. The molecule has 162 valence electrons. The summed E-state index contributed by atoms with van der Waals surface area (Å²) in [5.41, 5.74) is 1.34. The van der Waals surface area contributed by atoms with Crippen LogP contribution in [0, 0.1) is 5.92 Å². The highest BCUT2D eigenvalue weighted by Crippen LogP contribution is 2.43. The third-order valence-corrected chi connectivity index (χ3v) is 5.91. The van der Waals surface area contributed by atoms with E-state index in [-0.39, 0.29) is 17.4 Å². The highest BCUT2D eigenvalue weighted by atomic mass is 16.5. The number of hydrogen-bond donors (Lipinski definition) is 1. The molecule has 6 heteroatoms. The van der Waals surface area contributed by atoms with Crippen LogP contribution in [0.25, 0.3) is 5.76 Å². The Labute approximate surface area is 182 Å². The molecule has 0 bridgehead atoms. The second-order valence-corrected chi connectivity index (χ2v) is 8.66. The summed E-state index contributed by atoms with van der Waals surface area (Å²) in [4.78, 5) is 31.9. The SMILES string of the molecule is CC(C)COc1ccc(/C(O)=C2/C(=O)C(=O)N(C3CCCC3)C2c2cccnc2)cc1. The maximum Gasteiger partial charge on any atom is 0.295 e. The van der Waals surface area contributed by atoms with Crippen molar-refractivity contribution in [2.45, 2.75) is 51.6 Å². The number of aliphatic hydroxyl groups is 1. The lowest BCUT2D eigenvalue weighted by Gasteiger charge is -2.30. The predicted octanol–water partition coefficient (Wildman–Crippen LogP) is 4.48. The molecular weight excluding hydrogens is 392 g/mol. The molecule has 1 aromatic carbocycles. The molecule has 1 amide bonds. The van der Waals surface area contributed by atoms with Crippen LogP contribution in [0.5, 0.6) is 5.75 Å². The zero-order valence-electron chi connectivity index (χ0n) is 18.0. The number of aromatic nitrogens is 1. The fourth-order valence-electron chi connectivity index (χ4n) is 4.40. The summed E-state index contributed by atoms with van der Waals surface area (Å²) in [6.07, 6.45) is 7.11. The number of rotatable bonds is 6. The van der Waals surface area contributed by atoms with Crippen molar-refractivity contribution in [3.05, 3.63) is 65.5 Å². The summed E-state index contributed by atoms with van der Waals surface area (Å²) in [6.45, 7) is 4.74. The van der Waals surface area contributed by atoms with Crippen molar-refractivity contribution >= 4 is 17.4 Å². The van der Waals surface area contributed by atoms with Crippen LogP contribution in [0.4, 0.5) is 0 Å². The molecule has 1 aliphatic carbocycles. The monoisotopic (exact) mass is 420 g/mol. The van der Waals surface area contributed by atoms with Crippen LogP contribution in [-0.2, 0) is 9.59 Å². The molecule has 2 fully saturated rings. The normalized spacial score (nSPS) is 21.3. The summed E-state index contributed by atoms with van der Waals surface area (Å²) < 4.78 is 5.71. The van der Waals surface area contributed by atoms with Gasteiger partial charge in [-0.3, -0.25) is 14.6 Å². The molecule has 2 heterocycles. The van der Waals surface area contributed by atoms with Gasteiger partial charge in [0.1, 0.15) is 11.5 Å². The van der Waals surface area contributed by atoms with Gasteiger partial charge in [-0.05, 0) is 54.7 Å². The minimum atomic E-state index is -0.640. The number of benzene rings is 1. The number of Topliss-reactive ketones (excluding diaryl/α,β-unsaturated/α-hetero) is 1. The lowest BCUT2D eigenvalue weighted by molar-refractivity contribution is -0.141. The van der Waals surface area contributed by atoms with Gasteiger partial charge in [-0.1, -0.05) is 32.8 Å². The second-order valence-electron chi connectivity index (χ2n) is 8.66. The van der Waals surface area contributed by atoms with Gasteiger partial charge in [0.2, 0.25) is 0 Å². The van der Waals surface area contributed by atoms with E-state index >= 15 is 0 Å². The number of amides is 1. The summed E-state index contributed by atoms with van der Waals surface area (Å²) in [7, 11) is 0. The van der Waals surface area contributed by atoms with Gasteiger partial charge in [-0.15, -0.1) is 0 Å². The van der Waals surface area contributed by atoms with E-state index in [2.05, 4.69) is 18.8 Å². The van der Waals surface area contributed by atoms with Crippen LogP contribution < -0.4 is 4.74 Å². The van der Waals surface area contributed by atoms with Crippen LogP contribution in [0.3, 0.4) is 0 Å². The van der Waals surface area contributed by atoms with Crippen molar-refractivity contribution in [3.8, 4) is 5.75 Å². The van der Waals surface area contributed by atoms with E-state index in [1.165, 1.54) is 0 Å². The van der Waals surface area contributed by atoms with Gasteiger partial charge < -0.3 is 14.7 Å². The maximum absolute atomic E-state index is 13.1. The Morgan fingerprint density at radius 2 is 1.87 bits per heavy atom. The molecule has 1 aliphatic heterocycles. The van der Waals surface area contributed by atoms with E-state index in [0.717, 1.165) is 31.2 Å². The number of nitrogens with zero attached hydrogens (tertiary/aromatic N) is 2. The molecule has 1 saturated heterocycles. The van der Waals surface area contributed by atoms with Crippen LogP contribution in [0.2, 0.25) is 0 Å². The molecule has 1 saturated carbocycles. The number of ketones is 1. The molecule has 6 nitrogen and oxygen atoms in total. The lowest BCUT2D eigenvalue weighted by Crippen LogP contribution is -2.37. The number of aliphatic hydroxyl groups excluding tert-OH is 1. The fraction of sp³-hybridized carbons (Fsp3) is 0.400. The third-order valence-electron chi connectivity index (χ3n) is 5.91. The summed E-state index contributed by atoms with van der Waals surface area (Å²) in [5, 5.41) is 11.1. The molecular formula is C25H28N2O4. The standard InChI is InChI=1S/C25H28N2O4/c1-16(2)15-31-20-11-9-17(10-12-20)23(28)21-22(18-6-5-13-26-14-18)27(25(30)24(21)29)19-7-3-4-8-19/h5-6,9-14,16,19,22,28H,3-4,7-8,15H2,1-2H3/b23-21-. The molecule has 1 unspecified atom stereocenters. The molecule has 4 rings (SSSR count). The Morgan fingerprint density at radius 3 is 2.48 bits per heavy atom. The molecule has 2 aromatic rings. The first-order chi connectivity index (χ1) is 15.0. The van der Waals surface area contributed by atoms with E-state index < -0.39 is 17.7 Å².